The van der Waals surface area contributed by atoms with Crippen LogP contribution in [0.5, 0.6) is 0 Å². The van der Waals surface area contributed by atoms with Gasteiger partial charge in [-0.15, -0.1) is 0 Å². The molecule has 0 saturated carbocycles. The standard InChI is InChI=1S/C53H94O6/c1-4-7-10-13-16-19-22-24-25-26-27-29-31-34-37-40-43-46-52(55)58-49-50(48-57-51(54)45-42-39-36-33-30-21-18-15-12-9-6-3)59-53(56)47-44-41-38-35-32-28-23-20-17-14-11-8-5-2/h15-16,18-19,24-25,27,29,50H,4-14,17,20-23,26,28,30-49H2,1-3H3/b18-15-,19-16-,25-24-,29-27-/t50-/m1/s1. The predicted octanol–water partition coefficient (Wildman–Crippen LogP) is 16.3. The highest BCUT2D eigenvalue weighted by atomic mass is 16.6. The number of ether oxygens (including phenoxy) is 3. The lowest BCUT2D eigenvalue weighted by Gasteiger charge is -2.18. The maximum atomic E-state index is 12.8. The summed E-state index contributed by atoms with van der Waals surface area (Å²) in [5.41, 5.74) is 0. The van der Waals surface area contributed by atoms with Crippen LogP contribution in [0.2, 0.25) is 0 Å². The molecule has 6 nitrogen and oxygen atoms in total. The number of unbranched alkanes of at least 4 members (excludes halogenated alkanes) is 26. The van der Waals surface area contributed by atoms with Crippen LogP contribution in [0.15, 0.2) is 48.6 Å². The summed E-state index contributed by atoms with van der Waals surface area (Å²) < 4.78 is 16.7. The van der Waals surface area contributed by atoms with Gasteiger partial charge in [-0.05, 0) is 77.0 Å². The summed E-state index contributed by atoms with van der Waals surface area (Å²) in [5.74, 6) is -0.909. The van der Waals surface area contributed by atoms with Crippen LogP contribution < -0.4 is 0 Å². The summed E-state index contributed by atoms with van der Waals surface area (Å²) in [6, 6.07) is 0. The van der Waals surface area contributed by atoms with Crippen molar-refractivity contribution in [2.75, 3.05) is 13.2 Å². The fourth-order valence-corrected chi connectivity index (χ4v) is 6.96. The van der Waals surface area contributed by atoms with Crippen LogP contribution in [0.1, 0.15) is 252 Å². The van der Waals surface area contributed by atoms with E-state index < -0.39 is 6.10 Å². The van der Waals surface area contributed by atoms with Gasteiger partial charge >= 0.3 is 17.9 Å². The Balaban J connectivity index is 4.39. The lowest BCUT2D eigenvalue weighted by molar-refractivity contribution is -0.167. The van der Waals surface area contributed by atoms with E-state index in [1.54, 1.807) is 0 Å². The van der Waals surface area contributed by atoms with E-state index in [9.17, 15) is 14.4 Å². The monoisotopic (exact) mass is 827 g/mol. The Morgan fingerprint density at radius 1 is 0.339 bits per heavy atom. The molecule has 0 bridgehead atoms. The molecule has 342 valence electrons. The number of carbonyl (C=O) groups is 3. The fraction of sp³-hybridized carbons (Fsp3) is 0.792. The number of hydrogen-bond donors (Lipinski definition) is 0. The van der Waals surface area contributed by atoms with Crippen molar-refractivity contribution in [1.29, 1.82) is 0 Å². The Morgan fingerprint density at radius 2 is 0.627 bits per heavy atom. The van der Waals surface area contributed by atoms with Crippen LogP contribution in [0.25, 0.3) is 0 Å². The van der Waals surface area contributed by atoms with Crippen LogP contribution in [0.4, 0.5) is 0 Å². The zero-order valence-electron chi connectivity index (χ0n) is 39.0. The van der Waals surface area contributed by atoms with E-state index in [2.05, 4.69) is 69.4 Å². The highest BCUT2D eigenvalue weighted by molar-refractivity contribution is 5.71. The number of carbonyl (C=O) groups excluding carboxylic acids is 3. The number of rotatable bonds is 45. The normalized spacial score (nSPS) is 12.4. The molecule has 0 aliphatic carbocycles. The minimum atomic E-state index is -0.781. The summed E-state index contributed by atoms with van der Waals surface area (Å²) in [6.07, 6.45) is 56.6. The van der Waals surface area contributed by atoms with Crippen molar-refractivity contribution in [2.45, 2.75) is 258 Å². The highest BCUT2D eigenvalue weighted by Crippen LogP contribution is 2.15. The second kappa shape index (κ2) is 48.0. The molecular formula is C53H94O6. The van der Waals surface area contributed by atoms with Gasteiger partial charge in [0, 0.05) is 19.3 Å². The molecule has 0 rings (SSSR count). The van der Waals surface area contributed by atoms with Crippen LogP contribution in [-0.2, 0) is 28.6 Å². The molecule has 0 unspecified atom stereocenters. The summed E-state index contributed by atoms with van der Waals surface area (Å²) in [7, 11) is 0. The van der Waals surface area contributed by atoms with Gasteiger partial charge in [0.25, 0.3) is 0 Å². The molecular weight excluding hydrogens is 733 g/mol. The Bertz CT molecular complexity index is 1040. The summed E-state index contributed by atoms with van der Waals surface area (Å²) >= 11 is 0. The molecule has 0 aromatic carbocycles. The van der Waals surface area contributed by atoms with Crippen LogP contribution in [0.3, 0.4) is 0 Å². The van der Waals surface area contributed by atoms with Gasteiger partial charge in [-0.3, -0.25) is 14.4 Å². The Labute approximate surface area is 365 Å². The van der Waals surface area contributed by atoms with Gasteiger partial charge in [-0.25, -0.2) is 0 Å². The van der Waals surface area contributed by atoms with Crippen LogP contribution >= 0.6 is 0 Å². The predicted molar refractivity (Wildman–Crippen MR) is 252 cm³/mol. The van der Waals surface area contributed by atoms with Gasteiger partial charge in [0.2, 0.25) is 0 Å². The van der Waals surface area contributed by atoms with Crippen LogP contribution in [0, 0.1) is 0 Å². The lowest BCUT2D eigenvalue weighted by Crippen LogP contribution is -2.30. The maximum absolute atomic E-state index is 12.8. The molecule has 6 heteroatoms. The molecule has 0 aliphatic heterocycles. The van der Waals surface area contributed by atoms with Crippen molar-refractivity contribution >= 4 is 17.9 Å². The molecule has 1 atom stereocenters. The molecule has 0 aromatic rings. The quantitative estimate of drug-likeness (QED) is 0.0263. The number of esters is 3. The van der Waals surface area contributed by atoms with Crippen molar-refractivity contribution in [3.05, 3.63) is 48.6 Å². The Hall–Kier alpha value is -2.63. The van der Waals surface area contributed by atoms with Crippen molar-refractivity contribution in [1.82, 2.24) is 0 Å². The molecule has 59 heavy (non-hydrogen) atoms. The van der Waals surface area contributed by atoms with E-state index in [0.29, 0.717) is 19.3 Å². The molecule has 0 aliphatic rings. The second-order valence-electron chi connectivity index (χ2n) is 16.7. The third-order valence-corrected chi connectivity index (χ3v) is 10.8. The van der Waals surface area contributed by atoms with Crippen molar-refractivity contribution in [3.63, 3.8) is 0 Å². The minimum absolute atomic E-state index is 0.0830. The van der Waals surface area contributed by atoms with Gasteiger partial charge in [0.1, 0.15) is 13.2 Å². The SMILES string of the molecule is CCCC/C=C\CCCCCCCC(=O)OC[C@H](COC(=O)CCCCCC/C=C\C/C=C\C/C=C\CCCCC)OC(=O)CCCCCCCCCCCCCCC. The van der Waals surface area contributed by atoms with Crippen LogP contribution in [-0.4, -0.2) is 37.2 Å². The maximum Gasteiger partial charge on any atom is 0.306 e. The number of allylic oxidation sites excluding steroid dienone is 8. The molecule has 0 N–H and O–H groups in total. The third-order valence-electron chi connectivity index (χ3n) is 10.8. The third kappa shape index (κ3) is 46.3. The van der Waals surface area contributed by atoms with Gasteiger partial charge in [0.15, 0.2) is 6.10 Å². The first-order valence-corrected chi connectivity index (χ1v) is 25.1. The first-order valence-electron chi connectivity index (χ1n) is 25.1. The van der Waals surface area contributed by atoms with Gasteiger partial charge in [0.05, 0.1) is 0 Å². The first kappa shape index (κ1) is 56.4. The summed E-state index contributed by atoms with van der Waals surface area (Å²) in [6.45, 7) is 6.55. The van der Waals surface area contributed by atoms with E-state index in [-0.39, 0.29) is 31.1 Å². The zero-order chi connectivity index (χ0) is 43.0. The van der Waals surface area contributed by atoms with E-state index in [1.807, 2.05) is 0 Å². The summed E-state index contributed by atoms with van der Waals surface area (Å²) in [4.78, 5) is 37.9. The van der Waals surface area contributed by atoms with E-state index in [0.717, 1.165) is 89.9 Å². The average Bonchev–Trinajstić information content (AvgIpc) is 3.23. The highest BCUT2D eigenvalue weighted by Gasteiger charge is 2.19. The van der Waals surface area contributed by atoms with E-state index >= 15 is 0 Å². The Kier molecular flexibility index (Phi) is 45.9. The Morgan fingerprint density at radius 3 is 1.05 bits per heavy atom. The first-order chi connectivity index (χ1) is 29.0. The van der Waals surface area contributed by atoms with Gasteiger partial charge < -0.3 is 14.2 Å². The molecule has 0 amide bonds. The second-order valence-corrected chi connectivity index (χ2v) is 16.7. The van der Waals surface area contributed by atoms with Crippen molar-refractivity contribution < 1.29 is 28.6 Å². The molecule has 0 saturated heterocycles. The lowest BCUT2D eigenvalue weighted by atomic mass is 10.0. The molecule has 0 fully saturated rings. The molecule has 0 aromatic heterocycles. The molecule has 0 heterocycles. The van der Waals surface area contributed by atoms with E-state index in [1.165, 1.54) is 122 Å². The molecule has 0 spiro atoms. The fourth-order valence-electron chi connectivity index (χ4n) is 6.96. The smallest absolute Gasteiger partial charge is 0.306 e. The minimum Gasteiger partial charge on any atom is -0.462 e. The van der Waals surface area contributed by atoms with Gasteiger partial charge in [-0.2, -0.15) is 0 Å². The number of hydrogen-bond acceptors (Lipinski definition) is 6. The average molecular weight is 827 g/mol. The molecule has 0 radical (unpaired) electrons. The summed E-state index contributed by atoms with van der Waals surface area (Å²) in [5, 5.41) is 0. The van der Waals surface area contributed by atoms with Crippen molar-refractivity contribution in [3.8, 4) is 0 Å². The van der Waals surface area contributed by atoms with Gasteiger partial charge in [-0.1, -0.05) is 204 Å². The largest absolute Gasteiger partial charge is 0.462 e. The zero-order valence-corrected chi connectivity index (χ0v) is 39.0. The van der Waals surface area contributed by atoms with E-state index in [4.69, 9.17) is 14.2 Å². The van der Waals surface area contributed by atoms with Crippen molar-refractivity contribution in [2.24, 2.45) is 0 Å². The topological polar surface area (TPSA) is 78.9 Å².